The summed E-state index contributed by atoms with van der Waals surface area (Å²) in [6.45, 7) is 0. The van der Waals surface area contributed by atoms with Gasteiger partial charge < -0.3 is 14.2 Å². The minimum absolute atomic E-state index is 0.212. The lowest BCUT2D eigenvalue weighted by Crippen LogP contribution is -2.08. The largest absolute Gasteiger partial charge is 0.497 e. The first kappa shape index (κ1) is 19.2. The first-order valence-corrected chi connectivity index (χ1v) is 9.30. The zero-order valence-electron chi connectivity index (χ0n) is 16.2. The Labute approximate surface area is 173 Å². The van der Waals surface area contributed by atoms with E-state index in [0.717, 1.165) is 5.56 Å². The number of esters is 1. The monoisotopic (exact) mass is 398 g/mol. The topological polar surface area (TPSA) is 61.8 Å². The van der Waals surface area contributed by atoms with Gasteiger partial charge in [0, 0.05) is 6.07 Å². The van der Waals surface area contributed by atoms with Crippen LogP contribution >= 0.6 is 0 Å². The number of methoxy groups -OCH3 is 1. The zero-order chi connectivity index (χ0) is 20.9. The predicted molar refractivity (Wildman–Crippen MR) is 113 cm³/mol. The second-order valence-corrected chi connectivity index (χ2v) is 6.51. The first-order chi connectivity index (χ1) is 14.6. The van der Waals surface area contributed by atoms with E-state index in [1.54, 1.807) is 55.7 Å². The Morgan fingerprint density at radius 3 is 2.40 bits per heavy atom. The van der Waals surface area contributed by atoms with Crippen LogP contribution < -0.4 is 14.2 Å². The van der Waals surface area contributed by atoms with Crippen LogP contribution in [0.5, 0.6) is 17.2 Å². The molecule has 30 heavy (non-hydrogen) atoms. The third-order valence-corrected chi connectivity index (χ3v) is 4.51. The molecule has 1 heterocycles. The van der Waals surface area contributed by atoms with Gasteiger partial charge in [0.25, 0.3) is 0 Å². The van der Waals surface area contributed by atoms with E-state index >= 15 is 0 Å². The van der Waals surface area contributed by atoms with Crippen LogP contribution in [0.3, 0.4) is 0 Å². The fourth-order valence-corrected chi connectivity index (χ4v) is 2.95. The van der Waals surface area contributed by atoms with Crippen LogP contribution in [0.25, 0.3) is 6.08 Å². The van der Waals surface area contributed by atoms with Crippen LogP contribution in [0.1, 0.15) is 26.3 Å². The molecule has 0 aromatic heterocycles. The molecular formula is C25H18O5. The summed E-state index contributed by atoms with van der Waals surface area (Å²) >= 11 is 0. The van der Waals surface area contributed by atoms with Gasteiger partial charge in [-0.25, -0.2) is 4.79 Å². The number of fused-ring (bicyclic) bond motifs is 1. The summed E-state index contributed by atoms with van der Waals surface area (Å²) < 4.78 is 16.2. The van der Waals surface area contributed by atoms with E-state index in [9.17, 15) is 9.59 Å². The van der Waals surface area contributed by atoms with Crippen molar-refractivity contribution in [3.63, 3.8) is 0 Å². The van der Waals surface area contributed by atoms with Gasteiger partial charge >= 0.3 is 5.97 Å². The van der Waals surface area contributed by atoms with Gasteiger partial charge in [-0.05, 0) is 48.0 Å². The number of carbonyl (C=O) groups excluding carboxylic acids is 2. The number of benzene rings is 3. The number of hydrogen-bond acceptors (Lipinski definition) is 5. The molecule has 0 saturated carbocycles. The highest BCUT2D eigenvalue weighted by molar-refractivity contribution is 6.12. The lowest BCUT2D eigenvalue weighted by atomic mass is 10.1. The molecule has 0 unspecified atom stereocenters. The summed E-state index contributed by atoms with van der Waals surface area (Å²) in [6, 6.07) is 21.1. The Bertz CT molecular complexity index is 1140. The van der Waals surface area contributed by atoms with Crippen molar-refractivity contribution in [2.75, 3.05) is 7.11 Å². The highest BCUT2D eigenvalue weighted by Gasteiger charge is 2.27. The summed E-state index contributed by atoms with van der Waals surface area (Å²) in [6.07, 6.45) is 5.27. The summed E-state index contributed by atoms with van der Waals surface area (Å²) in [5, 5.41) is 0. The minimum atomic E-state index is -0.511. The van der Waals surface area contributed by atoms with Crippen LogP contribution in [0, 0.1) is 0 Å². The van der Waals surface area contributed by atoms with Gasteiger partial charge in [0.15, 0.2) is 5.76 Å². The van der Waals surface area contributed by atoms with Crippen LogP contribution in [-0.2, 0) is 0 Å². The molecule has 0 radical (unpaired) electrons. The average Bonchev–Trinajstić information content (AvgIpc) is 3.09. The standard InChI is InChI=1S/C25H18O5/c1-28-19-12-10-18(11-13-19)25(27)29-20-14-15-21-23(16-20)30-22(24(21)26)9-5-8-17-6-3-2-4-7-17/h2-16H,1H3/b8-5+,22-9-. The maximum atomic E-state index is 12.5. The quantitative estimate of drug-likeness (QED) is 0.340. The van der Waals surface area contributed by atoms with E-state index in [1.807, 2.05) is 36.4 Å². The molecule has 5 heteroatoms. The molecule has 1 aliphatic heterocycles. The van der Waals surface area contributed by atoms with Crippen molar-refractivity contribution in [1.29, 1.82) is 0 Å². The predicted octanol–water partition coefficient (Wildman–Crippen LogP) is 5.09. The van der Waals surface area contributed by atoms with E-state index in [-0.39, 0.29) is 11.5 Å². The van der Waals surface area contributed by atoms with Crippen molar-refractivity contribution in [2.24, 2.45) is 0 Å². The highest BCUT2D eigenvalue weighted by Crippen LogP contribution is 2.34. The number of Topliss-reactive ketones (excluding diaryl/α,β-unsaturated/α-hetero) is 1. The van der Waals surface area contributed by atoms with Gasteiger partial charge in [-0.15, -0.1) is 0 Å². The Morgan fingerprint density at radius 1 is 0.933 bits per heavy atom. The Morgan fingerprint density at radius 2 is 1.67 bits per heavy atom. The van der Waals surface area contributed by atoms with E-state index in [1.165, 1.54) is 6.07 Å². The van der Waals surface area contributed by atoms with Gasteiger partial charge in [0.2, 0.25) is 5.78 Å². The van der Waals surface area contributed by atoms with Crippen molar-refractivity contribution in [1.82, 2.24) is 0 Å². The molecule has 148 valence electrons. The molecule has 4 rings (SSSR count). The Kier molecular flexibility index (Phi) is 5.44. The number of rotatable bonds is 5. The SMILES string of the molecule is COc1ccc(C(=O)Oc2ccc3c(c2)O/C(=C\C=C\c2ccccc2)C3=O)cc1. The second kappa shape index (κ2) is 8.49. The maximum Gasteiger partial charge on any atom is 0.343 e. The van der Waals surface area contributed by atoms with Crippen LogP contribution in [0.4, 0.5) is 0 Å². The van der Waals surface area contributed by atoms with E-state index < -0.39 is 5.97 Å². The normalized spacial score (nSPS) is 13.9. The van der Waals surface area contributed by atoms with E-state index in [2.05, 4.69) is 0 Å². The van der Waals surface area contributed by atoms with E-state index in [0.29, 0.717) is 28.4 Å². The molecule has 0 amide bonds. The van der Waals surface area contributed by atoms with Crippen LogP contribution in [0.2, 0.25) is 0 Å². The molecule has 0 saturated heterocycles. The van der Waals surface area contributed by atoms with Crippen LogP contribution in [0.15, 0.2) is 90.7 Å². The molecule has 0 aliphatic carbocycles. The van der Waals surface area contributed by atoms with Crippen molar-refractivity contribution >= 4 is 17.8 Å². The summed E-state index contributed by atoms with van der Waals surface area (Å²) in [5.41, 5.74) is 1.84. The molecule has 1 aliphatic rings. The molecule has 0 atom stereocenters. The van der Waals surface area contributed by atoms with Gasteiger partial charge in [0.05, 0.1) is 18.2 Å². The van der Waals surface area contributed by atoms with Gasteiger partial charge in [-0.2, -0.15) is 0 Å². The number of hydrogen-bond donors (Lipinski definition) is 0. The van der Waals surface area contributed by atoms with E-state index in [4.69, 9.17) is 14.2 Å². The summed E-state index contributed by atoms with van der Waals surface area (Å²) in [7, 11) is 1.55. The zero-order valence-corrected chi connectivity index (χ0v) is 16.2. The van der Waals surface area contributed by atoms with Crippen molar-refractivity contribution < 1.29 is 23.8 Å². The van der Waals surface area contributed by atoms with Crippen molar-refractivity contribution in [3.8, 4) is 17.2 Å². The second-order valence-electron chi connectivity index (χ2n) is 6.51. The average molecular weight is 398 g/mol. The van der Waals surface area contributed by atoms with Gasteiger partial charge in [-0.1, -0.05) is 42.5 Å². The minimum Gasteiger partial charge on any atom is -0.497 e. The van der Waals surface area contributed by atoms with Crippen molar-refractivity contribution in [2.45, 2.75) is 0 Å². The number of ketones is 1. The van der Waals surface area contributed by atoms with Crippen LogP contribution in [-0.4, -0.2) is 18.9 Å². The fourth-order valence-electron chi connectivity index (χ4n) is 2.95. The molecule has 0 fully saturated rings. The molecule has 5 nitrogen and oxygen atoms in total. The maximum absolute atomic E-state index is 12.5. The molecular weight excluding hydrogens is 380 g/mol. The fraction of sp³-hybridized carbons (Fsp3) is 0.0400. The van der Waals surface area contributed by atoms with Gasteiger partial charge in [-0.3, -0.25) is 4.79 Å². The number of carbonyl (C=O) groups is 2. The smallest absolute Gasteiger partial charge is 0.343 e. The van der Waals surface area contributed by atoms with Gasteiger partial charge in [0.1, 0.15) is 17.2 Å². The Balaban J connectivity index is 1.47. The third-order valence-electron chi connectivity index (χ3n) is 4.51. The number of ether oxygens (including phenoxy) is 3. The summed E-state index contributed by atoms with van der Waals surface area (Å²) in [4.78, 5) is 24.8. The first-order valence-electron chi connectivity index (χ1n) is 9.30. The molecule has 3 aromatic rings. The Hall–Kier alpha value is -4.12. The van der Waals surface area contributed by atoms with Crippen molar-refractivity contribution in [3.05, 3.63) is 107 Å². The summed E-state index contributed by atoms with van der Waals surface area (Å²) in [5.74, 6) is 0.800. The molecule has 3 aromatic carbocycles. The third kappa shape index (κ3) is 4.15. The number of allylic oxidation sites excluding steroid dienone is 3. The molecule has 0 N–H and O–H groups in total. The molecule has 0 bridgehead atoms. The highest BCUT2D eigenvalue weighted by atomic mass is 16.5. The lowest BCUT2D eigenvalue weighted by molar-refractivity contribution is 0.0734. The molecule has 0 spiro atoms. The lowest BCUT2D eigenvalue weighted by Gasteiger charge is -2.06.